The summed E-state index contributed by atoms with van der Waals surface area (Å²) in [4.78, 5) is 28.4. The Morgan fingerprint density at radius 1 is 1.39 bits per heavy atom. The van der Waals surface area contributed by atoms with E-state index in [-0.39, 0.29) is 28.9 Å². The highest BCUT2D eigenvalue weighted by atomic mass is 19.1. The number of hydrogen-bond acceptors (Lipinski definition) is 5. The van der Waals surface area contributed by atoms with Crippen molar-refractivity contribution < 1.29 is 23.5 Å². The summed E-state index contributed by atoms with van der Waals surface area (Å²) in [6.45, 7) is 2.30. The molecule has 0 bridgehead atoms. The van der Waals surface area contributed by atoms with Crippen molar-refractivity contribution in [2.45, 2.75) is 18.9 Å². The number of anilines is 1. The molecule has 0 spiro atoms. The summed E-state index contributed by atoms with van der Waals surface area (Å²) in [7, 11) is 0. The number of nitrogens with one attached hydrogen (secondary N) is 1. The molecule has 1 amide bonds. The van der Waals surface area contributed by atoms with Crippen LogP contribution in [-0.4, -0.2) is 41.1 Å². The van der Waals surface area contributed by atoms with Crippen LogP contribution in [0.1, 0.15) is 29.4 Å². The molecule has 3 rings (SSSR count). The third-order valence-electron chi connectivity index (χ3n) is 4.66. The third kappa shape index (κ3) is 3.62. The molecule has 7 nitrogen and oxygen atoms in total. The Balaban J connectivity index is 2.19. The van der Waals surface area contributed by atoms with Gasteiger partial charge in [0.1, 0.15) is 23.4 Å². The van der Waals surface area contributed by atoms with Gasteiger partial charge in [0.25, 0.3) is 0 Å². The van der Waals surface area contributed by atoms with E-state index in [1.165, 1.54) is 6.20 Å². The zero-order valence-corrected chi connectivity index (χ0v) is 14.9. The molecule has 2 N–H and O–H groups in total. The quantitative estimate of drug-likeness (QED) is 0.783. The van der Waals surface area contributed by atoms with Crippen LogP contribution in [-0.2, 0) is 0 Å². The van der Waals surface area contributed by atoms with E-state index in [1.807, 2.05) is 6.07 Å². The van der Waals surface area contributed by atoms with Gasteiger partial charge in [-0.3, -0.25) is 4.79 Å². The predicted octanol–water partition coefficient (Wildman–Crippen LogP) is 2.95. The van der Waals surface area contributed by atoms with Gasteiger partial charge >= 0.3 is 6.09 Å². The van der Waals surface area contributed by atoms with E-state index >= 15 is 0 Å². The molecule has 1 saturated heterocycles. The van der Waals surface area contributed by atoms with Crippen LogP contribution in [0.15, 0.2) is 24.4 Å². The van der Waals surface area contributed by atoms with Crippen LogP contribution in [0, 0.1) is 23.0 Å². The lowest BCUT2D eigenvalue weighted by Gasteiger charge is -2.28. The van der Waals surface area contributed by atoms with Gasteiger partial charge in [0.2, 0.25) is 0 Å². The number of carbonyl (C=O) groups excluding carboxylic acids is 1. The minimum Gasteiger partial charge on any atom is -0.465 e. The number of halogens is 2. The third-order valence-corrected chi connectivity index (χ3v) is 4.66. The Morgan fingerprint density at radius 3 is 2.64 bits per heavy atom. The van der Waals surface area contributed by atoms with Crippen LogP contribution < -0.4 is 10.2 Å². The number of benzene rings is 1. The predicted molar refractivity (Wildman–Crippen MR) is 96.1 cm³/mol. The number of aromatic nitrogens is 1. The van der Waals surface area contributed by atoms with Crippen LogP contribution >= 0.6 is 0 Å². The maximum Gasteiger partial charge on any atom is 0.405 e. The summed E-state index contributed by atoms with van der Waals surface area (Å²) in [5, 5.41) is 21.0. The first kappa shape index (κ1) is 19.2. The first-order valence-corrected chi connectivity index (χ1v) is 8.37. The Morgan fingerprint density at radius 2 is 2.07 bits per heavy atom. The van der Waals surface area contributed by atoms with E-state index in [9.17, 15) is 23.6 Å². The van der Waals surface area contributed by atoms with Gasteiger partial charge in [-0.2, -0.15) is 5.26 Å². The van der Waals surface area contributed by atoms with Crippen molar-refractivity contribution in [2.24, 2.45) is 0 Å². The number of pyridine rings is 1. The molecular weight excluding hydrogens is 370 g/mol. The molecule has 144 valence electrons. The number of carboxylic acid groups (broad SMARTS) is 1. The number of nitrogens with zero attached hydrogens (tertiary/aromatic N) is 3. The lowest BCUT2D eigenvalue weighted by molar-refractivity contribution is 0.112. The monoisotopic (exact) mass is 386 g/mol. The summed E-state index contributed by atoms with van der Waals surface area (Å²) < 4.78 is 27.6. The molecule has 1 aliphatic heterocycles. The van der Waals surface area contributed by atoms with Crippen LogP contribution in [0.25, 0.3) is 11.1 Å². The molecule has 1 aromatic heterocycles. The largest absolute Gasteiger partial charge is 0.465 e. The molecule has 2 heterocycles. The highest BCUT2D eigenvalue weighted by molar-refractivity contribution is 5.94. The summed E-state index contributed by atoms with van der Waals surface area (Å²) in [5.74, 6) is -1.67. The fourth-order valence-electron chi connectivity index (χ4n) is 3.51. The van der Waals surface area contributed by atoms with Crippen LogP contribution in [0.4, 0.5) is 19.3 Å². The minimum atomic E-state index is -1.18. The second kappa shape index (κ2) is 7.23. The average molecular weight is 386 g/mol. The first-order valence-electron chi connectivity index (χ1n) is 8.37. The Labute approximate surface area is 159 Å². The topological polar surface area (TPSA) is 106 Å². The van der Waals surface area contributed by atoms with Crippen molar-refractivity contribution in [3.8, 4) is 17.2 Å². The van der Waals surface area contributed by atoms with E-state index in [2.05, 4.69) is 10.3 Å². The van der Waals surface area contributed by atoms with E-state index in [1.54, 1.807) is 11.8 Å². The van der Waals surface area contributed by atoms with Crippen LogP contribution in [0.3, 0.4) is 0 Å². The van der Waals surface area contributed by atoms with Gasteiger partial charge in [0, 0.05) is 30.9 Å². The summed E-state index contributed by atoms with van der Waals surface area (Å²) >= 11 is 0. The van der Waals surface area contributed by atoms with Gasteiger partial charge in [0.05, 0.1) is 16.8 Å². The maximum atomic E-state index is 13.8. The highest BCUT2D eigenvalue weighted by Crippen LogP contribution is 2.39. The van der Waals surface area contributed by atoms with Gasteiger partial charge in [-0.25, -0.2) is 18.6 Å². The van der Waals surface area contributed by atoms with Crippen molar-refractivity contribution in [3.05, 3.63) is 47.3 Å². The highest BCUT2D eigenvalue weighted by Gasteiger charge is 2.37. The number of carbonyl (C=O) groups is 2. The standard InChI is InChI=1S/C19H16F2N4O3/c1-19(24-18(27)28)2-3-25(10-19)17-12(9-26)8-23-15(7-22)16(17)11-4-13(20)6-14(21)5-11/h4-6,8-9,24H,2-3,10H2,1H3,(H,27,28). The molecule has 2 aromatic rings. The SMILES string of the molecule is CC1(NC(=O)O)CCN(c2c(C=O)cnc(C#N)c2-c2cc(F)cc(F)c2)C1. The molecule has 1 aromatic carbocycles. The fourth-order valence-corrected chi connectivity index (χ4v) is 3.51. The maximum absolute atomic E-state index is 13.8. The molecule has 28 heavy (non-hydrogen) atoms. The number of aldehydes is 1. The Bertz CT molecular complexity index is 985. The van der Waals surface area contributed by atoms with E-state index in [0.29, 0.717) is 31.0 Å². The molecule has 0 saturated carbocycles. The summed E-state index contributed by atoms with van der Waals surface area (Å²) in [5.41, 5.74) is -0.247. The molecular formula is C19H16F2N4O3. The first-order chi connectivity index (χ1) is 13.3. The molecule has 1 fully saturated rings. The van der Waals surface area contributed by atoms with E-state index < -0.39 is 23.3 Å². The van der Waals surface area contributed by atoms with Gasteiger partial charge in [-0.1, -0.05) is 0 Å². The van der Waals surface area contributed by atoms with Gasteiger partial charge < -0.3 is 15.3 Å². The van der Waals surface area contributed by atoms with Crippen molar-refractivity contribution in [1.82, 2.24) is 10.3 Å². The fraction of sp³-hybridized carbons (Fsp3) is 0.263. The second-order valence-electron chi connectivity index (χ2n) is 6.84. The average Bonchev–Trinajstić information content (AvgIpc) is 3.00. The molecule has 0 radical (unpaired) electrons. The lowest BCUT2D eigenvalue weighted by atomic mass is 9.98. The van der Waals surface area contributed by atoms with Crippen LogP contribution in [0.2, 0.25) is 0 Å². The molecule has 0 aliphatic carbocycles. The van der Waals surface area contributed by atoms with Gasteiger partial charge in [-0.15, -0.1) is 0 Å². The summed E-state index contributed by atoms with van der Waals surface area (Å²) in [6.07, 6.45) is 1.03. The van der Waals surface area contributed by atoms with E-state index in [4.69, 9.17) is 5.11 Å². The minimum absolute atomic E-state index is 0.0695. The number of hydrogen-bond donors (Lipinski definition) is 2. The number of rotatable bonds is 4. The zero-order chi connectivity index (χ0) is 20.5. The summed E-state index contributed by atoms with van der Waals surface area (Å²) in [6, 6.07) is 4.72. The van der Waals surface area contributed by atoms with Crippen molar-refractivity contribution in [1.29, 1.82) is 5.26 Å². The lowest BCUT2D eigenvalue weighted by Crippen LogP contribution is -2.47. The van der Waals surface area contributed by atoms with Gasteiger partial charge in [0.15, 0.2) is 6.29 Å². The Kier molecular flexibility index (Phi) is 4.96. The molecule has 1 atom stereocenters. The zero-order valence-electron chi connectivity index (χ0n) is 14.9. The van der Waals surface area contributed by atoms with Crippen molar-refractivity contribution in [2.75, 3.05) is 18.0 Å². The van der Waals surface area contributed by atoms with Crippen molar-refractivity contribution >= 4 is 18.1 Å². The van der Waals surface area contributed by atoms with Crippen LogP contribution in [0.5, 0.6) is 0 Å². The molecule has 1 unspecified atom stereocenters. The number of amides is 1. The van der Waals surface area contributed by atoms with Crippen molar-refractivity contribution in [3.63, 3.8) is 0 Å². The van der Waals surface area contributed by atoms with Gasteiger partial charge in [-0.05, 0) is 31.0 Å². The Hall–Kier alpha value is -3.54. The normalized spacial score (nSPS) is 18.6. The molecule has 9 heteroatoms. The second-order valence-corrected chi connectivity index (χ2v) is 6.84. The molecule has 1 aliphatic rings. The van der Waals surface area contributed by atoms with E-state index in [0.717, 1.165) is 12.1 Å². The smallest absolute Gasteiger partial charge is 0.405 e. The number of nitriles is 1.